The quantitative estimate of drug-likeness (QED) is 0.918. The van der Waals surface area contributed by atoms with Crippen LogP contribution in [0.1, 0.15) is 12.5 Å². The summed E-state index contributed by atoms with van der Waals surface area (Å²) in [6.45, 7) is 3.92. The lowest BCUT2D eigenvalue weighted by Gasteiger charge is -2.08. The number of benzene rings is 1. The van der Waals surface area contributed by atoms with Crippen LogP contribution in [0.2, 0.25) is 0 Å². The fourth-order valence-corrected chi connectivity index (χ4v) is 3.01. The van der Waals surface area contributed by atoms with Crippen molar-refractivity contribution in [1.82, 2.24) is 5.32 Å². The van der Waals surface area contributed by atoms with Crippen molar-refractivity contribution in [3.63, 3.8) is 0 Å². The molecule has 3 rings (SSSR count). The Morgan fingerprint density at radius 1 is 1.44 bits per heavy atom. The van der Waals surface area contributed by atoms with Crippen molar-refractivity contribution in [3.05, 3.63) is 36.1 Å². The maximum Gasteiger partial charge on any atom is 0.133 e. The topological polar surface area (TPSA) is 37.5 Å². The third kappa shape index (κ3) is 2.60. The van der Waals surface area contributed by atoms with Gasteiger partial charge in [0.1, 0.15) is 5.58 Å². The van der Waals surface area contributed by atoms with Crippen molar-refractivity contribution >= 4 is 27.8 Å². The predicted molar refractivity (Wildman–Crippen MR) is 77.3 cm³/mol. The molecule has 3 nitrogen and oxygen atoms in total. The molecule has 0 saturated heterocycles. The Morgan fingerprint density at radius 3 is 3.22 bits per heavy atom. The number of nitrogens with one attached hydrogen (secondary N) is 1. The van der Waals surface area contributed by atoms with Crippen molar-refractivity contribution in [2.75, 3.05) is 12.3 Å². The number of hydrogen-bond donors (Lipinski definition) is 1. The molecule has 0 bridgehead atoms. The van der Waals surface area contributed by atoms with Crippen LogP contribution in [0.5, 0.6) is 0 Å². The van der Waals surface area contributed by atoms with Crippen LogP contribution in [0.3, 0.4) is 0 Å². The Morgan fingerprint density at radius 2 is 2.39 bits per heavy atom. The summed E-state index contributed by atoms with van der Waals surface area (Å²) in [6.07, 6.45) is 1.73. The molecule has 0 amide bonds. The van der Waals surface area contributed by atoms with Gasteiger partial charge in [-0.3, -0.25) is 4.99 Å². The highest BCUT2D eigenvalue weighted by Gasteiger charge is 2.14. The van der Waals surface area contributed by atoms with Crippen molar-refractivity contribution in [3.8, 4) is 0 Å². The lowest BCUT2D eigenvalue weighted by atomic mass is 10.1. The maximum atomic E-state index is 5.33. The second kappa shape index (κ2) is 5.16. The molecule has 0 saturated carbocycles. The first-order valence-corrected chi connectivity index (χ1v) is 7.14. The van der Waals surface area contributed by atoms with Crippen molar-refractivity contribution < 1.29 is 4.42 Å². The molecule has 1 aliphatic rings. The van der Waals surface area contributed by atoms with E-state index in [0.29, 0.717) is 6.04 Å². The fourth-order valence-electron chi connectivity index (χ4n) is 2.16. The minimum Gasteiger partial charge on any atom is -0.464 e. The SMILES string of the molecule is CC1=NC(CNCc2ccc3occc3c2)CS1. The lowest BCUT2D eigenvalue weighted by molar-refractivity contribution is 0.613. The maximum absolute atomic E-state index is 5.33. The van der Waals surface area contributed by atoms with E-state index in [1.165, 1.54) is 16.0 Å². The van der Waals surface area contributed by atoms with Crippen LogP contribution in [0.4, 0.5) is 0 Å². The van der Waals surface area contributed by atoms with Crippen LogP contribution in [0, 0.1) is 0 Å². The molecule has 4 heteroatoms. The first-order chi connectivity index (χ1) is 8.81. The van der Waals surface area contributed by atoms with Gasteiger partial charge in [-0.2, -0.15) is 0 Å². The van der Waals surface area contributed by atoms with E-state index in [-0.39, 0.29) is 0 Å². The minimum absolute atomic E-state index is 0.438. The Bertz CT molecular complexity index is 576. The van der Waals surface area contributed by atoms with Gasteiger partial charge >= 0.3 is 0 Å². The van der Waals surface area contributed by atoms with Crippen molar-refractivity contribution in [2.24, 2.45) is 4.99 Å². The van der Waals surface area contributed by atoms with Crippen LogP contribution in [0.15, 0.2) is 39.9 Å². The van der Waals surface area contributed by atoms with E-state index >= 15 is 0 Å². The molecule has 0 radical (unpaired) electrons. The first-order valence-electron chi connectivity index (χ1n) is 6.15. The predicted octanol–water partition coefficient (Wildman–Crippen LogP) is 3.06. The molecular formula is C14H16N2OS. The second-order valence-electron chi connectivity index (χ2n) is 4.54. The Kier molecular flexibility index (Phi) is 3.39. The summed E-state index contributed by atoms with van der Waals surface area (Å²) in [5.41, 5.74) is 2.24. The van der Waals surface area contributed by atoms with Crippen LogP contribution in [-0.4, -0.2) is 23.4 Å². The van der Waals surface area contributed by atoms with Gasteiger partial charge in [0, 0.05) is 24.2 Å². The van der Waals surface area contributed by atoms with Crippen LogP contribution >= 0.6 is 11.8 Å². The van der Waals surface area contributed by atoms with Gasteiger partial charge in [-0.05, 0) is 30.7 Å². The highest BCUT2D eigenvalue weighted by Crippen LogP contribution is 2.18. The molecule has 94 valence electrons. The molecule has 0 spiro atoms. The summed E-state index contributed by atoms with van der Waals surface area (Å²) in [7, 11) is 0. The Hall–Kier alpha value is -1.26. The van der Waals surface area contributed by atoms with Crippen LogP contribution in [-0.2, 0) is 6.54 Å². The third-order valence-electron chi connectivity index (χ3n) is 3.07. The fraction of sp³-hybridized carbons (Fsp3) is 0.357. The number of aliphatic imine (C=N–C) groups is 1. The zero-order valence-corrected chi connectivity index (χ0v) is 11.2. The molecule has 18 heavy (non-hydrogen) atoms. The summed E-state index contributed by atoms with van der Waals surface area (Å²) in [6, 6.07) is 8.74. The van der Waals surface area contributed by atoms with E-state index < -0.39 is 0 Å². The summed E-state index contributed by atoms with van der Waals surface area (Å²) < 4.78 is 5.33. The zero-order chi connectivity index (χ0) is 12.4. The van der Waals surface area contributed by atoms with Crippen LogP contribution in [0.25, 0.3) is 11.0 Å². The Balaban J connectivity index is 1.56. The number of hydrogen-bond acceptors (Lipinski definition) is 4. The average molecular weight is 260 g/mol. The van der Waals surface area contributed by atoms with Gasteiger partial charge in [0.15, 0.2) is 0 Å². The van der Waals surface area contributed by atoms with E-state index in [0.717, 1.165) is 24.4 Å². The standard InChI is InChI=1S/C14H16N2OS/c1-10-16-13(9-18-10)8-15-7-11-2-3-14-12(6-11)4-5-17-14/h2-6,13,15H,7-9H2,1H3. The van der Waals surface area contributed by atoms with E-state index in [2.05, 4.69) is 29.4 Å². The molecule has 2 heterocycles. The van der Waals surface area contributed by atoms with E-state index in [9.17, 15) is 0 Å². The Labute approximate surface area is 111 Å². The van der Waals surface area contributed by atoms with Gasteiger partial charge in [0.25, 0.3) is 0 Å². The molecule has 1 aliphatic heterocycles. The molecule has 1 N–H and O–H groups in total. The van der Waals surface area contributed by atoms with Gasteiger partial charge in [-0.1, -0.05) is 6.07 Å². The summed E-state index contributed by atoms with van der Waals surface area (Å²) in [5, 5.41) is 5.85. The van der Waals surface area contributed by atoms with Gasteiger partial charge in [0.05, 0.1) is 17.3 Å². The number of thioether (sulfide) groups is 1. The molecule has 2 aromatic rings. The molecule has 1 aromatic carbocycles. The normalized spacial score (nSPS) is 19.4. The van der Waals surface area contributed by atoms with E-state index in [1.54, 1.807) is 6.26 Å². The van der Waals surface area contributed by atoms with Crippen molar-refractivity contribution in [1.29, 1.82) is 0 Å². The zero-order valence-electron chi connectivity index (χ0n) is 10.3. The highest BCUT2D eigenvalue weighted by atomic mass is 32.2. The smallest absolute Gasteiger partial charge is 0.133 e. The van der Waals surface area contributed by atoms with E-state index in [1.807, 2.05) is 23.9 Å². The first kappa shape index (κ1) is 11.8. The van der Waals surface area contributed by atoms with Crippen molar-refractivity contribution in [2.45, 2.75) is 19.5 Å². The van der Waals surface area contributed by atoms with Gasteiger partial charge in [0.2, 0.25) is 0 Å². The summed E-state index contributed by atoms with van der Waals surface area (Å²) in [4.78, 5) is 4.56. The van der Waals surface area contributed by atoms with Gasteiger partial charge in [-0.15, -0.1) is 11.8 Å². The average Bonchev–Trinajstić information content (AvgIpc) is 2.97. The highest BCUT2D eigenvalue weighted by molar-refractivity contribution is 8.14. The number of rotatable bonds is 4. The molecule has 1 aromatic heterocycles. The minimum atomic E-state index is 0.438. The molecule has 1 atom stereocenters. The van der Waals surface area contributed by atoms with Gasteiger partial charge < -0.3 is 9.73 Å². The summed E-state index contributed by atoms with van der Waals surface area (Å²) >= 11 is 1.85. The van der Waals surface area contributed by atoms with Gasteiger partial charge in [-0.25, -0.2) is 0 Å². The molecule has 0 fully saturated rings. The van der Waals surface area contributed by atoms with E-state index in [4.69, 9.17) is 4.42 Å². The number of nitrogens with zero attached hydrogens (tertiary/aromatic N) is 1. The van der Waals surface area contributed by atoms with Crippen LogP contribution < -0.4 is 5.32 Å². The number of fused-ring (bicyclic) bond motifs is 1. The largest absolute Gasteiger partial charge is 0.464 e. The molecule has 1 unspecified atom stereocenters. The monoisotopic (exact) mass is 260 g/mol. The summed E-state index contributed by atoms with van der Waals surface area (Å²) in [5.74, 6) is 1.11. The lowest BCUT2D eigenvalue weighted by Crippen LogP contribution is -2.25. The third-order valence-corrected chi connectivity index (χ3v) is 4.15. The second-order valence-corrected chi connectivity index (χ2v) is 5.75. The number of furan rings is 1. The molecular weight excluding hydrogens is 244 g/mol. The molecule has 0 aliphatic carbocycles.